The summed E-state index contributed by atoms with van der Waals surface area (Å²) in [6.45, 7) is 2.24. The number of hydrogen-bond donors (Lipinski definition) is 3. The van der Waals surface area contributed by atoms with Crippen LogP contribution in [0.2, 0.25) is 0 Å². The number of unbranched alkanes of at least 4 members (excludes halogenated alkanes) is 11. The molecule has 0 aliphatic rings. The molecule has 0 bridgehead atoms. The maximum Gasteiger partial charge on any atom is 0.266 e. The van der Waals surface area contributed by atoms with E-state index in [1.54, 1.807) is 0 Å². The zero-order valence-corrected chi connectivity index (χ0v) is 18.0. The standard InChI is InChI=1S/C18H35NO.C2H7NO3S/c1-2-3-4-5-6-7-8-9-10-11-12-13-14-15-16-17-18(19)20;3-1-2-7(4,5)6/h9-10H,2-8,11-17H2,1H3,(H2,19,20);1-3H2,(H,4,5,6)/b10-9-;. The highest BCUT2D eigenvalue weighted by Crippen LogP contribution is 2.09. The minimum absolute atomic E-state index is 0.0289. The van der Waals surface area contributed by atoms with Gasteiger partial charge in [0, 0.05) is 13.0 Å². The van der Waals surface area contributed by atoms with Crippen molar-refractivity contribution in [2.45, 2.75) is 96.8 Å². The Kier molecular flexibility index (Phi) is 22.4. The van der Waals surface area contributed by atoms with Crippen molar-refractivity contribution in [2.75, 3.05) is 12.3 Å². The van der Waals surface area contributed by atoms with E-state index in [1.165, 1.54) is 70.6 Å². The molecular formula is C20H42N2O4S. The molecule has 0 saturated heterocycles. The number of amides is 1. The highest BCUT2D eigenvalue weighted by atomic mass is 32.2. The zero-order chi connectivity index (χ0) is 20.8. The van der Waals surface area contributed by atoms with Crippen LogP contribution in [0.3, 0.4) is 0 Å². The molecule has 0 atom stereocenters. The fraction of sp³-hybridized carbons (Fsp3) is 0.850. The minimum Gasteiger partial charge on any atom is -0.370 e. The molecule has 7 heteroatoms. The number of nitrogens with two attached hydrogens (primary N) is 2. The fourth-order valence-electron chi connectivity index (χ4n) is 2.52. The zero-order valence-electron chi connectivity index (χ0n) is 17.2. The van der Waals surface area contributed by atoms with Crippen LogP contribution in [-0.4, -0.2) is 31.2 Å². The summed E-state index contributed by atoms with van der Waals surface area (Å²) in [5, 5.41) is 0. The van der Waals surface area contributed by atoms with Gasteiger partial charge in [0.25, 0.3) is 10.1 Å². The lowest BCUT2D eigenvalue weighted by Gasteiger charge is -1.99. The van der Waals surface area contributed by atoms with Gasteiger partial charge < -0.3 is 11.5 Å². The molecule has 1 amide bonds. The number of allylic oxidation sites excluding steroid dienone is 2. The lowest BCUT2D eigenvalue weighted by Crippen LogP contribution is -2.13. The Bertz CT molecular complexity index is 451. The third-order valence-electron chi connectivity index (χ3n) is 4.06. The second-order valence-electron chi connectivity index (χ2n) is 6.88. The van der Waals surface area contributed by atoms with Crippen molar-refractivity contribution in [3.63, 3.8) is 0 Å². The van der Waals surface area contributed by atoms with Crippen LogP contribution >= 0.6 is 0 Å². The van der Waals surface area contributed by atoms with Crippen molar-refractivity contribution in [3.05, 3.63) is 12.2 Å². The minimum atomic E-state index is -3.80. The molecule has 0 aromatic heterocycles. The summed E-state index contributed by atoms with van der Waals surface area (Å²) in [5.41, 5.74) is 9.87. The van der Waals surface area contributed by atoms with Crippen molar-refractivity contribution in [2.24, 2.45) is 11.5 Å². The quantitative estimate of drug-likeness (QED) is 0.188. The number of carbonyl (C=O) groups excluding carboxylic acids is 1. The van der Waals surface area contributed by atoms with E-state index in [4.69, 9.17) is 16.0 Å². The first kappa shape index (κ1) is 28.3. The van der Waals surface area contributed by atoms with Gasteiger partial charge in [-0.05, 0) is 32.1 Å². The number of primary amides is 1. The molecule has 0 unspecified atom stereocenters. The van der Waals surface area contributed by atoms with Gasteiger partial charge >= 0.3 is 0 Å². The van der Waals surface area contributed by atoms with Crippen LogP contribution in [0.4, 0.5) is 0 Å². The van der Waals surface area contributed by atoms with Crippen molar-refractivity contribution in [1.82, 2.24) is 0 Å². The molecule has 0 rings (SSSR count). The molecule has 27 heavy (non-hydrogen) atoms. The predicted octanol–water partition coefficient (Wildman–Crippen LogP) is 4.34. The summed E-state index contributed by atoms with van der Waals surface area (Å²) < 4.78 is 27.3. The van der Waals surface area contributed by atoms with E-state index < -0.39 is 10.1 Å². The molecule has 5 N–H and O–H groups in total. The second kappa shape index (κ2) is 21.4. The van der Waals surface area contributed by atoms with Gasteiger partial charge in [-0.1, -0.05) is 70.4 Å². The maximum atomic E-state index is 10.5. The van der Waals surface area contributed by atoms with Crippen molar-refractivity contribution in [3.8, 4) is 0 Å². The lowest BCUT2D eigenvalue weighted by atomic mass is 10.1. The van der Waals surface area contributed by atoms with Gasteiger partial charge in [0.15, 0.2) is 0 Å². The highest BCUT2D eigenvalue weighted by Gasteiger charge is 1.98. The summed E-state index contributed by atoms with van der Waals surface area (Å²) in [4.78, 5) is 10.5. The van der Waals surface area contributed by atoms with Gasteiger partial charge in [-0.25, -0.2) is 0 Å². The SMILES string of the molecule is CCCCCCCC/C=C\CCCCCCCC(N)=O.NCCS(=O)(=O)O. The molecule has 0 saturated carbocycles. The smallest absolute Gasteiger partial charge is 0.266 e. The Hall–Kier alpha value is -0.920. The Labute approximate surface area is 166 Å². The molecule has 6 nitrogen and oxygen atoms in total. The van der Waals surface area contributed by atoms with Gasteiger partial charge in [-0.2, -0.15) is 8.42 Å². The van der Waals surface area contributed by atoms with Crippen LogP contribution in [0.15, 0.2) is 12.2 Å². The van der Waals surface area contributed by atoms with Gasteiger partial charge in [0.05, 0.1) is 5.75 Å². The number of carbonyl (C=O) groups is 1. The topological polar surface area (TPSA) is 123 Å². The third kappa shape index (κ3) is 33.1. The Morgan fingerprint density at radius 2 is 1.30 bits per heavy atom. The maximum absolute atomic E-state index is 10.5. The van der Waals surface area contributed by atoms with E-state index in [0.717, 1.165) is 12.8 Å². The second-order valence-corrected chi connectivity index (χ2v) is 8.45. The summed E-state index contributed by atoms with van der Waals surface area (Å²) >= 11 is 0. The molecule has 0 fully saturated rings. The molecule has 162 valence electrons. The van der Waals surface area contributed by atoms with E-state index in [1.807, 2.05) is 0 Å². The number of rotatable bonds is 17. The molecule has 0 aromatic carbocycles. The highest BCUT2D eigenvalue weighted by molar-refractivity contribution is 7.85. The first-order valence-electron chi connectivity index (χ1n) is 10.4. The predicted molar refractivity (Wildman–Crippen MR) is 114 cm³/mol. The fourth-order valence-corrected chi connectivity index (χ4v) is 2.82. The van der Waals surface area contributed by atoms with E-state index >= 15 is 0 Å². The summed E-state index contributed by atoms with van der Waals surface area (Å²) in [6.07, 6.45) is 21.9. The molecule has 0 radical (unpaired) electrons. The van der Waals surface area contributed by atoms with Crippen LogP contribution in [0, 0.1) is 0 Å². The van der Waals surface area contributed by atoms with E-state index in [-0.39, 0.29) is 18.2 Å². The van der Waals surface area contributed by atoms with Crippen molar-refractivity contribution in [1.29, 1.82) is 0 Å². The van der Waals surface area contributed by atoms with Crippen LogP contribution in [0.5, 0.6) is 0 Å². The molecule has 0 aromatic rings. The average Bonchev–Trinajstić information content (AvgIpc) is 2.57. The summed E-state index contributed by atoms with van der Waals surface area (Å²) in [7, 11) is -3.80. The van der Waals surface area contributed by atoms with E-state index in [0.29, 0.717) is 6.42 Å². The van der Waals surface area contributed by atoms with Gasteiger partial charge in [0.1, 0.15) is 0 Å². The van der Waals surface area contributed by atoms with Crippen LogP contribution in [0.1, 0.15) is 96.8 Å². The first-order valence-corrected chi connectivity index (χ1v) is 12.0. The Balaban J connectivity index is 0. The summed E-state index contributed by atoms with van der Waals surface area (Å²) in [5.74, 6) is -0.518. The van der Waals surface area contributed by atoms with Crippen LogP contribution in [0.25, 0.3) is 0 Å². The van der Waals surface area contributed by atoms with Gasteiger partial charge in [0.2, 0.25) is 5.91 Å². The Morgan fingerprint density at radius 1 is 0.852 bits per heavy atom. The molecular weight excluding hydrogens is 364 g/mol. The van der Waals surface area contributed by atoms with Crippen LogP contribution < -0.4 is 11.5 Å². The van der Waals surface area contributed by atoms with Gasteiger partial charge in [-0.15, -0.1) is 0 Å². The van der Waals surface area contributed by atoms with Crippen LogP contribution in [-0.2, 0) is 14.9 Å². The monoisotopic (exact) mass is 406 g/mol. The van der Waals surface area contributed by atoms with Crippen molar-refractivity contribution >= 4 is 16.0 Å². The van der Waals surface area contributed by atoms with Crippen molar-refractivity contribution < 1.29 is 17.8 Å². The number of hydrogen-bond acceptors (Lipinski definition) is 4. The molecule has 0 heterocycles. The molecule has 0 aliphatic heterocycles. The third-order valence-corrected chi connectivity index (χ3v) is 4.81. The molecule has 0 spiro atoms. The summed E-state index contributed by atoms with van der Waals surface area (Å²) in [6, 6.07) is 0. The normalized spacial score (nSPS) is 11.4. The van der Waals surface area contributed by atoms with E-state index in [9.17, 15) is 13.2 Å². The van der Waals surface area contributed by atoms with Gasteiger partial charge in [-0.3, -0.25) is 9.35 Å². The largest absolute Gasteiger partial charge is 0.370 e. The molecule has 0 aliphatic carbocycles. The first-order chi connectivity index (χ1) is 12.8. The Morgan fingerprint density at radius 3 is 1.67 bits per heavy atom. The average molecular weight is 407 g/mol. The lowest BCUT2D eigenvalue weighted by molar-refractivity contribution is -0.118. The van der Waals surface area contributed by atoms with E-state index in [2.05, 4.69) is 19.1 Å².